The first-order chi connectivity index (χ1) is 8.97. The van der Waals surface area contributed by atoms with Gasteiger partial charge in [0.15, 0.2) is 0 Å². The average molecular weight is 265 g/mol. The minimum absolute atomic E-state index is 0.0541. The second-order valence-electron chi connectivity index (χ2n) is 5.24. The summed E-state index contributed by atoms with van der Waals surface area (Å²) in [5.74, 6) is -0.222. The zero-order chi connectivity index (χ0) is 14.0. The highest BCUT2D eigenvalue weighted by atomic mass is 19.1. The average Bonchev–Trinajstić information content (AvgIpc) is 2.74. The molecule has 1 aliphatic rings. The molecule has 1 saturated heterocycles. The van der Waals surface area contributed by atoms with E-state index in [1.165, 1.54) is 12.1 Å². The summed E-state index contributed by atoms with van der Waals surface area (Å²) in [6, 6.07) is 6.46. The number of hydrogen-bond acceptors (Lipinski definition) is 3. The van der Waals surface area contributed by atoms with Crippen molar-refractivity contribution in [1.29, 1.82) is 0 Å². The molecule has 1 heterocycles. The summed E-state index contributed by atoms with van der Waals surface area (Å²) in [6.45, 7) is 1.56. The number of hydrogen-bond donors (Lipinski definition) is 0. The Bertz CT molecular complexity index is 447. The van der Waals surface area contributed by atoms with Crippen molar-refractivity contribution in [3.8, 4) is 0 Å². The number of benzene rings is 1. The Hall–Kier alpha value is -1.46. The number of hydrazine groups is 1. The number of nitrogens with zero attached hydrogens (tertiary/aromatic N) is 3. The van der Waals surface area contributed by atoms with Crippen LogP contribution in [0.4, 0.5) is 4.39 Å². The molecule has 0 aromatic heterocycles. The zero-order valence-corrected chi connectivity index (χ0v) is 11.6. The van der Waals surface area contributed by atoms with Gasteiger partial charge in [-0.15, -0.1) is 0 Å². The fraction of sp³-hybridized carbons (Fsp3) is 0.500. The van der Waals surface area contributed by atoms with Gasteiger partial charge >= 0.3 is 0 Å². The molecule has 0 N–H and O–H groups in total. The van der Waals surface area contributed by atoms with Crippen molar-refractivity contribution in [3.05, 3.63) is 35.6 Å². The van der Waals surface area contributed by atoms with Crippen LogP contribution in [0.15, 0.2) is 24.3 Å². The van der Waals surface area contributed by atoms with E-state index in [0.717, 1.165) is 12.1 Å². The number of amides is 1. The second-order valence-corrected chi connectivity index (χ2v) is 5.24. The van der Waals surface area contributed by atoms with E-state index in [0.29, 0.717) is 19.0 Å². The molecule has 2 rings (SSSR count). The lowest BCUT2D eigenvalue weighted by Crippen LogP contribution is -2.39. The highest BCUT2D eigenvalue weighted by Crippen LogP contribution is 2.14. The third-order valence-electron chi connectivity index (χ3n) is 3.56. The maximum atomic E-state index is 12.8. The number of carbonyl (C=O) groups excluding carboxylic acids is 1. The summed E-state index contributed by atoms with van der Waals surface area (Å²) < 4.78 is 12.8. The first-order valence-electron chi connectivity index (χ1n) is 6.39. The monoisotopic (exact) mass is 265 g/mol. The third-order valence-corrected chi connectivity index (χ3v) is 3.56. The van der Waals surface area contributed by atoms with Crippen molar-refractivity contribution in [2.45, 2.75) is 12.5 Å². The fourth-order valence-electron chi connectivity index (χ4n) is 2.29. The van der Waals surface area contributed by atoms with Crippen molar-refractivity contribution in [2.24, 2.45) is 0 Å². The quantitative estimate of drug-likeness (QED) is 0.815. The highest BCUT2D eigenvalue weighted by Gasteiger charge is 2.31. The molecule has 0 spiro atoms. The van der Waals surface area contributed by atoms with Gasteiger partial charge in [-0.2, -0.15) is 0 Å². The van der Waals surface area contributed by atoms with Gasteiger partial charge in [0.2, 0.25) is 5.91 Å². The van der Waals surface area contributed by atoms with Crippen molar-refractivity contribution < 1.29 is 9.18 Å². The lowest BCUT2D eigenvalue weighted by atomic mass is 10.1. The molecule has 19 heavy (non-hydrogen) atoms. The topological polar surface area (TPSA) is 26.8 Å². The van der Waals surface area contributed by atoms with E-state index in [1.54, 1.807) is 17.1 Å². The van der Waals surface area contributed by atoms with Crippen molar-refractivity contribution in [3.63, 3.8) is 0 Å². The molecule has 0 radical (unpaired) electrons. The summed E-state index contributed by atoms with van der Waals surface area (Å²) >= 11 is 0. The molecule has 1 aromatic rings. The summed E-state index contributed by atoms with van der Waals surface area (Å²) in [7, 11) is 5.96. The van der Waals surface area contributed by atoms with E-state index in [4.69, 9.17) is 0 Å². The van der Waals surface area contributed by atoms with Gasteiger partial charge in [-0.25, -0.2) is 9.40 Å². The van der Waals surface area contributed by atoms with Gasteiger partial charge in [0.05, 0.1) is 13.0 Å². The molecule has 5 heteroatoms. The maximum Gasteiger partial charge on any atom is 0.241 e. The zero-order valence-electron chi connectivity index (χ0n) is 11.6. The van der Waals surface area contributed by atoms with Gasteiger partial charge in [0.25, 0.3) is 0 Å². The fourth-order valence-corrected chi connectivity index (χ4v) is 2.29. The van der Waals surface area contributed by atoms with Crippen molar-refractivity contribution >= 4 is 5.91 Å². The largest absolute Gasteiger partial charge is 0.303 e. The minimum atomic E-state index is -0.276. The van der Waals surface area contributed by atoms with Gasteiger partial charge < -0.3 is 4.90 Å². The van der Waals surface area contributed by atoms with Gasteiger partial charge in [0.1, 0.15) is 5.82 Å². The molecule has 1 atom stereocenters. The van der Waals surface area contributed by atoms with Crippen LogP contribution in [0.25, 0.3) is 0 Å². The predicted octanol–water partition coefficient (Wildman–Crippen LogP) is 0.987. The van der Waals surface area contributed by atoms with Crippen LogP contribution >= 0.6 is 0 Å². The van der Waals surface area contributed by atoms with Crippen LogP contribution in [0.2, 0.25) is 0 Å². The summed E-state index contributed by atoms with van der Waals surface area (Å²) in [5, 5.41) is 3.73. The maximum absolute atomic E-state index is 12.8. The molecule has 0 aliphatic carbocycles. The van der Waals surface area contributed by atoms with E-state index >= 15 is 0 Å². The Morgan fingerprint density at radius 2 is 1.95 bits per heavy atom. The summed E-state index contributed by atoms with van der Waals surface area (Å²) in [4.78, 5) is 14.4. The Labute approximate surface area is 113 Å². The van der Waals surface area contributed by atoms with Gasteiger partial charge in [-0.05, 0) is 31.8 Å². The Balaban J connectivity index is 1.98. The molecule has 0 saturated carbocycles. The first-order valence-corrected chi connectivity index (χ1v) is 6.39. The molecule has 1 fully saturated rings. The van der Waals surface area contributed by atoms with E-state index in [2.05, 4.69) is 4.90 Å². The van der Waals surface area contributed by atoms with Crippen LogP contribution in [0.1, 0.15) is 5.56 Å². The highest BCUT2D eigenvalue weighted by molar-refractivity contribution is 5.78. The molecule has 1 aromatic carbocycles. The van der Waals surface area contributed by atoms with Crippen LogP contribution in [0, 0.1) is 5.82 Å². The SMILES string of the molecule is CN(C)C1CN(C)N(C(=O)Cc2ccc(F)cc2)C1. The second kappa shape index (κ2) is 5.67. The van der Waals surface area contributed by atoms with Crippen LogP contribution in [-0.4, -0.2) is 61.1 Å². The standard InChI is InChI=1S/C14H20FN3O/c1-16(2)13-9-17(3)18(10-13)14(19)8-11-4-6-12(15)7-5-11/h4-7,13H,8-10H2,1-3H3. The van der Waals surface area contributed by atoms with Crippen LogP contribution in [-0.2, 0) is 11.2 Å². The molecule has 104 valence electrons. The Morgan fingerprint density at radius 3 is 2.47 bits per heavy atom. The Kier molecular flexibility index (Phi) is 4.17. The third kappa shape index (κ3) is 3.30. The molecule has 1 amide bonds. The molecule has 1 aliphatic heterocycles. The Morgan fingerprint density at radius 1 is 1.32 bits per heavy atom. The molecule has 1 unspecified atom stereocenters. The predicted molar refractivity (Wildman–Crippen MR) is 71.9 cm³/mol. The number of carbonyl (C=O) groups is 1. The van der Waals surface area contributed by atoms with Crippen molar-refractivity contribution in [2.75, 3.05) is 34.2 Å². The van der Waals surface area contributed by atoms with E-state index in [-0.39, 0.29) is 11.7 Å². The molecular formula is C14H20FN3O. The lowest BCUT2D eigenvalue weighted by Gasteiger charge is -2.23. The molecule has 4 nitrogen and oxygen atoms in total. The number of halogens is 1. The summed E-state index contributed by atoms with van der Waals surface area (Å²) in [6.07, 6.45) is 0.310. The van der Waals surface area contributed by atoms with Gasteiger partial charge in [-0.1, -0.05) is 12.1 Å². The lowest BCUT2D eigenvalue weighted by molar-refractivity contribution is -0.141. The number of rotatable bonds is 3. The molecule has 0 bridgehead atoms. The van der Waals surface area contributed by atoms with Gasteiger partial charge in [0, 0.05) is 19.6 Å². The van der Waals surface area contributed by atoms with Crippen LogP contribution < -0.4 is 0 Å². The van der Waals surface area contributed by atoms with Crippen molar-refractivity contribution in [1.82, 2.24) is 14.9 Å². The normalized spacial score (nSPS) is 20.3. The van der Waals surface area contributed by atoms with E-state index in [1.807, 2.05) is 26.2 Å². The molecular weight excluding hydrogens is 245 g/mol. The van der Waals surface area contributed by atoms with E-state index < -0.39 is 0 Å². The first kappa shape index (κ1) is 14.0. The smallest absolute Gasteiger partial charge is 0.241 e. The minimum Gasteiger partial charge on any atom is -0.303 e. The summed E-state index contributed by atoms with van der Waals surface area (Å²) in [5.41, 5.74) is 0.841. The van der Waals surface area contributed by atoms with Crippen LogP contribution in [0.5, 0.6) is 0 Å². The van der Waals surface area contributed by atoms with Crippen LogP contribution in [0.3, 0.4) is 0 Å². The van der Waals surface area contributed by atoms with E-state index in [9.17, 15) is 9.18 Å². The number of likely N-dealkylation sites (N-methyl/N-ethyl adjacent to an activating group) is 2. The van der Waals surface area contributed by atoms with Gasteiger partial charge in [-0.3, -0.25) is 9.80 Å².